The molecule has 2 rings (SSSR count). The summed E-state index contributed by atoms with van der Waals surface area (Å²) in [5, 5.41) is 0. The van der Waals surface area contributed by atoms with E-state index in [-0.39, 0.29) is 0 Å². The zero-order chi connectivity index (χ0) is 12.1. The van der Waals surface area contributed by atoms with Crippen molar-refractivity contribution in [3.63, 3.8) is 0 Å². The molecule has 0 saturated carbocycles. The number of hydrogen-bond acceptors (Lipinski definition) is 5. The van der Waals surface area contributed by atoms with Crippen LogP contribution in [-0.2, 0) is 27.1 Å². The first-order valence-electron chi connectivity index (χ1n) is 5.30. The van der Waals surface area contributed by atoms with Crippen molar-refractivity contribution in [2.24, 2.45) is 0 Å². The lowest BCUT2D eigenvalue weighted by Gasteiger charge is -2.40. The third-order valence-electron chi connectivity index (χ3n) is 2.75. The van der Waals surface area contributed by atoms with Gasteiger partial charge in [-0.2, -0.15) is 0 Å². The van der Waals surface area contributed by atoms with Gasteiger partial charge in [0.05, 0.1) is 19.7 Å². The number of rotatable bonds is 4. The lowest BCUT2D eigenvalue weighted by atomic mass is 10.0. The first-order valence-corrected chi connectivity index (χ1v) is 8.59. The number of methoxy groups -OCH3 is 1. The summed E-state index contributed by atoms with van der Waals surface area (Å²) < 4.78 is 13.7. The number of ether oxygens (including phenoxy) is 2. The summed E-state index contributed by atoms with van der Waals surface area (Å²) >= 11 is 6.60. The van der Waals surface area contributed by atoms with Crippen molar-refractivity contribution < 1.29 is 9.47 Å². The maximum absolute atomic E-state index is 5.86. The summed E-state index contributed by atoms with van der Waals surface area (Å²) in [5.74, 6) is -0.660. The van der Waals surface area contributed by atoms with Gasteiger partial charge in [-0.1, -0.05) is 30.3 Å². The van der Waals surface area contributed by atoms with E-state index in [0.29, 0.717) is 13.2 Å². The molecule has 1 atom stereocenters. The average Bonchev–Trinajstić information content (AvgIpc) is 2.40. The van der Waals surface area contributed by atoms with Crippen LogP contribution in [0.4, 0.5) is 0 Å². The standard InChI is InChI=1S/C11H14NO2PS2/c1-13-11(10-5-3-2-4-6-10)9-12(17-15-16)7-8-14-11/h2-6H,7-9H2,1H3. The van der Waals surface area contributed by atoms with Gasteiger partial charge in [0.25, 0.3) is 0 Å². The average molecular weight is 287 g/mol. The SMILES string of the molecule is COC1(c2ccccc2)CN(SP=S)CCO1. The van der Waals surface area contributed by atoms with E-state index in [2.05, 4.69) is 4.31 Å². The molecule has 1 aliphatic rings. The van der Waals surface area contributed by atoms with Crippen molar-refractivity contribution in [3.05, 3.63) is 35.9 Å². The monoisotopic (exact) mass is 287 g/mol. The van der Waals surface area contributed by atoms with Crippen molar-refractivity contribution >= 4 is 29.9 Å². The van der Waals surface area contributed by atoms with Crippen LogP contribution in [0.1, 0.15) is 5.56 Å². The van der Waals surface area contributed by atoms with Gasteiger partial charge in [-0.05, 0) is 23.4 Å². The fourth-order valence-corrected chi connectivity index (χ4v) is 3.92. The minimum Gasteiger partial charge on any atom is -0.348 e. The Labute approximate surface area is 112 Å². The van der Waals surface area contributed by atoms with E-state index in [1.54, 1.807) is 18.7 Å². The fourth-order valence-electron chi connectivity index (χ4n) is 1.89. The molecule has 0 bridgehead atoms. The van der Waals surface area contributed by atoms with Gasteiger partial charge in [0.15, 0.2) is 0 Å². The number of nitrogens with zero attached hydrogens (tertiary/aromatic N) is 1. The van der Waals surface area contributed by atoms with Crippen LogP contribution < -0.4 is 0 Å². The van der Waals surface area contributed by atoms with Gasteiger partial charge < -0.3 is 9.47 Å². The largest absolute Gasteiger partial charge is 0.348 e. The Balaban J connectivity index is 2.22. The summed E-state index contributed by atoms with van der Waals surface area (Å²) in [7, 11) is 1.69. The molecule has 1 aromatic carbocycles. The Hall–Kier alpha value is -0.0300. The number of hydrogen-bond donors (Lipinski definition) is 0. The maximum atomic E-state index is 5.86. The highest BCUT2D eigenvalue weighted by molar-refractivity contribution is 8.56. The molecule has 0 N–H and O–H groups in total. The lowest BCUT2D eigenvalue weighted by Crippen LogP contribution is -2.48. The summed E-state index contributed by atoms with van der Waals surface area (Å²) in [4.78, 5) is 0. The van der Waals surface area contributed by atoms with E-state index in [1.165, 1.54) is 0 Å². The van der Waals surface area contributed by atoms with E-state index < -0.39 is 5.79 Å². The van der Waals surface area contributed by atoms with Crippen molar-refractivity contribution in [2.75, 3.05) is 26.8 Å². The highest BCUT2D eigenvalue weighted by atomic mass is 32.9. The summed E-state index contributed by atoms with van der Waals surface area (Å²) in [6.07, 6.45) is 0. The Morgan fingerprint density at radius 3 is 2.88 bits per heavy atom. The Morgan fingerprint density at radius 1 is 1.47 bits per heavy atom. The van der Waals surface area contributed by atoms with Crippen LogP contribution in [0.25, 0.3) is 0 Å². The van der Waals surface area contributed by atoms with Crippen LogP contribution in [-0.4, -0.2) is 31.1 Å². The van der Waals surface area contributed by atoms with Gasteiger partial charge in [0.1, 0.15) is 0 Å². The minimum atomic E-state index is -0.660. The first-order chi connectivity index (χ1) is 8.30. The Morgan fingerprint density at radius 2 is 2.24 bits per heavy atom. The molecular weight excluding hydrogens is 273 g/mol. The maximum Gasteiger partial charge on any atom is 0.208 e. The van der Waals surface area contributed by atoms with Gasteiger partial charge in [0, 0.05) is 19.2 Å². The van der Waals surface area contributed by atoms with Gasteiger partial charge in [-0.15, -0.1) is 0 Å². The van der Waals surface area contributed by atoms with Gasteiger partial charge in [-0.25, -0.2) is 4.31 Å². The van der Waals surface area contributed by atoms with Crippen LogP contribution in [0.3, 0.4) is 0 Å². The molecular formula is C11H14NO2PS2. The van der Waals surface area contributed by atoms with E-state index in [4.69, 9.17) is 21.3 Å². The van der Waals surface area contributed by atoms with Crippen LogP contribution in [0.5, 0.6) is 0 Å². The van der Waals surface area contributed by atoms with Crippen molar-refractivity contribution in [1.29, 1.82) is 0 Å². The van der Waals surface area contributed by atoms with Gasteiger partial charge in [0.2, 0.25) is 5.79 Å². The molecule has 0 amide bonds. The summed E-state index contributed by atoms with van der Waals surface area (Å²) in [5.41, 5.74) is 1.05. The second-order valence-corrected chi connectivity index (χ2v) is 6.80. The molecule has 0 aromatic heterocycles. The third kappa shape index (κ3) is 3.05. The van der Waals surface area contributed by atoms with Crippen LogP contribution in [0.15, 0.2) is 30.3 Å². The van der Waals surface area contributed by atoms with Crippen LogP contribution in [0.2, 0.25) is 0 Å². The van der Waals surface area contributed by atoms with E-state index in [1.807, 2.05) is 30.3 Å². The summed E-state index contributed by atoms with van der Waals surface area (Å²) in [6.45, 7) is 3.11. The molecule has 6 heteroatoms. The smallest absolute Gasteiger partial charge is 0.208 e. The highest BCUT2D eigenvalue weighted by Gasteiger charge is 2.38. The Kier molecular flexibility index (Phi) is 4.91. The second-order valence-electron chi connectivity index (χ2n) is 3.69. The minimum absolute atomic E-state index is 0.653. The molecule has 0 radical (unpaired) electrons. The molecule has 0 aliphatic carbocycles. The zero-order valence-corrected chi connectivity index (χ0v) is 12.1. The molecule has 1 unspecified atom stereocenters. The predicted octanol–water partition coefficient (Wildman–Crippen LogP) is 2.79. The molecule has 1 fully saturated rings. The topological polar surface area (TPSA) is 21.7 Å². The molecule has 3 nitrogen and oxygen atoms in total. The molecule has 17 heavy (non-hydrogen) atoms. The molecule has 0 spiro atoms. The van der Waals surface area contributed by atoms with Crippen LogP contribution >= 0.6 is 18.1 Å². The van der Waals surface area contributed by atoms with Gasteiger partial charge in [-0.3, -0.25) is 0 Å². The van der Waals surface area contributed by atoms with E-state index in [0.717, 1.165) is 18.7 Å². The molecule has 92 valence electrons. The Bertz CT molecular complexity index is 379. The molecule has 1 heterocycles. The molecule has 1 aromatic rings. The zero-order valence-electron chi connectivity index (χ0n) is 9.54. The summed E-state index contributed by atoms with van der Waals surface area (Å²) in [6, 6.07) is 10.0. The van der Waals surface area contributed by atoms with E-state index in [9.17, 15) is 0 Å². The fraction of sp³-hybridized carbons (Fsp3) is 0.455. The van der Waals surface area contributed by atoms with Crippen LogP contribution in [0, 0.1) is 0 Å². The van der Waals surface area contributed by atoms with E-state index >= 15 is 0 Å². The van der Waals surface area contributed by atoms with Gasteiger partial charge >= 0.3 is 0 Å². The third-order valence-corrected chi connectivity index (χ3v) is 4.85. The van der Waals surface area contributed by atoms with Crippen molar-refractivity contribution in [2.45, 2.75) is 5.79 Å². The van der Waals surface area contributed by atoms with Crippen molar-refractivity contribution in [1.82, 2.24) is 4.31 Å². The normalized spacial score (nSPS) is 26.2. The quantitative estimate of drug-likeness (QED) is 0.625. The second kappa shape index (κ2) is 6.23. The highest BCUT2D eigenvalue weighted by Crippen LogP contribution is 2.35. The molecule has 1 aliphatic heterocycles. The number of morpholine rings is 1. The lowest BCUT2D eigenvalue weighted by molar-refractivity contribution is -0.253. The number of benzene rings is 1. The molecule has 1 saturated heterocycles. The van der Waals surface area contributed by atoms with Crippen molar-refractivity contribution in [3.8, 4) is 0 Å². The first kappa shape index (κ1) is 13.4. The predicted molar refractivity (Wildman–Crippen MR) is 74.5 cm³/mol.